The fourth-order valence-electron chi connectivity index (χ4n) is 1.69. The van der Waals surface area contributed by atoms with Crippen LogP contribution in [0.5, 0.6) is 0 Å². The Morgan fingerprint density at radius 2 is 2.25 bits per heavy atom. The Hall–Kier alpha value is -2.25. The average Bonchev–Trinajstić information content (AvgIpc) is 3.12. The first-order chi connectivity index (χ1) is 9.74. The zero-order chi connectivity index (χ0) is 13.9. The van der Waals surface area contributed by atoms with Crippen molar-refractivity contribution in [3.05, 3.63) is 45.6 Å². The lowest BCUT2D eigenvalue weighted by Gasteiger charge is -2.08. The Morgan fingerprint density at radius 3 is 2.95 bits per heavy atom. The molecule has 0 aliphatic carbocycles. The van der Waals surface area contributed by atoms with Crippen LogP contribution in [-0.4, -0.2) is 26.5 Å². The maximum atomic E-state index is 12.1. The third-order valence-electron chi connectivity index (χ3n) is 2.58. The molecule has 20 heavy (non-hydrogen) atoms. The van der Waals surface area contributed by atoms with Crippen LogP contribution >= 0.6 is 22.9 Å². The molecule has 0 spiro atoms. The lowest BCUT2D eigenvalue weighted by atomic mass is 10.1. The van der Waals surface area contributed by atoms with Crippen LogP contribution in [0.4, 0.5) is 5.69 Å². The van der Waals surface area contributed by atoms with Crippen molar-refractivity contribution in [1.29, 1.82) is 0 Å². The van der Waals surface area contributed by atoms with E-state index in [-0.39, 0.29) is 5.91 Å². The number of halogens is 1. The van der Waals surface area contributed by atoms with E-state index in [0.717, 1.165) is 0 Å². The van der Waals surface area contributed by atoms with Crippen LogP contribution in [0.15, 0.2) is 35.7 Å². The molecule has 2 heterocycles. The Balaban J connectivity index is 1.96. The van der Waals surface area contributed by atoms with E-state index in [1.54, 1.807) is 24.3 Å². The Kier molecular flexibility index (Phi) is 3.44. The van der Waals surface area contributed by atoms with E-state index in [9.17, 15) is 4.79 Å². The van der Waals surface area contributed by atoms with Crippen LogP contribution in [0.25, 0.3) is 11.4 Å². The second-order valence-corrected chi connectivity index (χ2v) is 5.26. The average molecular weight is 306 g/mol. The fraction of sp³-hybridized carbons (Fsp3) is 0. The van der Waals surface area contributed by atoms with Gasteiger partial charge in [-0.1, -0.05) is 17.7 Å². The van der Waals surface area contributed by atoms with Crippen LogP contribution in [0.2, 0.25) is 5.02 Å². The van der Waals surface area contributed by atoms with E-state index in [4.69, 9.17) is 11.6 Å². The van der Waals surface area contributed by atoms with Gasteiger partial charge in [0, 0.05) is 10.6 Å². The molecule has 1 aromatic carbocycles. The van der Waals surface area contributed by atoms with Crippen molar-refractivity contribution in [1.82, 2.24) is 20.6 Å². The number of nitrogens with one attached hydrogen (secondary N) is 2. The normalized spacial score (nSPS) is 10.4. The van der Waals surface area contributed by atoms with Gasteiger partial charge in [-0.15, -0.1) is 16.4 Å². The molecule has 0 bridgehead atoms. The van der Waals surface area contributed by atoms with Gasteiger partial charge in [0.05, 0.1) is 10.6 Å². The number of carbonyl (C=O) groups excluding carboxylic acids is 1. The monoisotopic (exact) mass is 305 g/mol. The van der Waals surface area contributed by atoms with Gasteiger partial charge in [0.15, 0.2) is 5.82 Å². The second-order valence-electron chi connectivity index (χ2n) is 3.87. The van der Waals surface area contributed by atoms with E-state index in [0.29, 0.717) is 27.0 Å². The molecule has 2 aromatic heterocycles. The predicted molar refractivity (Wildman–Crippen MR) is 76.9 cm³/mol. The number of anilines is 1. The number of hydrogen-bond donors (Lipinski definition) is 2. The highest BCUT2D eigenvalue weighted by molar-refractivity contribution is 7.12. The summed E-state index contributed by atoms with van der Waals surface area (Å²) in [7, 11) is 0. The molecule has 0 radical (unpaired) electrons. The summed E-state index contributed by atoms with van der Waals surface area (Å²) in [5, 5.41) is 18.7. The number of aromatic amines is 1. The first-order valence-electron chi connectivity index (χ1n) is 5.62. The summed E-state index contributed by atoms with van der Waals surface area (Å²) >= 11 is 7.34. The van der Waals surface area contributed by atoms with Crippen LogP contribution in [0.3, 0.4) is 0 Å². The largest absolute Gasteiger partial charge is 0.321 e. The Labute approximate surface area is 122 Å². The van der Waals surface area contributed by atoms with Crippen molar-refractivity contribution in [2.45, 2.75) is 0 Å². The van der Waals surface area contributed by atoms with Crippen molar-refractivity contribution in [3.8, 4) is 11.4 Å². The van der Waals surface area contributed by atoms with Crippen molar-refractivity contribution in [3.63, 3.8) is 0 Å². The number of hydrogen-bond acceptors (Lipinski definition) is 5. The minimum atomic E-state index is -0.198. The summed E-state index contributed by atoms with van der Waals surface area (Å²) < 4.78 is 0. The van der Waals surface area contributed by atoms with Crippen LogP contribution < -0.4 is 5.32 Å². The molecule has 0 saturated heterocycles. The Bertz CT molecular complexity index is 726. The fourth-order valence-corrected chi connectivity index (χ4v) is 2.48. The summed E-state index contributed by atoms with van der Waals surface area (Å²) in [5.74, 6) is 0.263. The highest BCUT2D eigenvalue weighted by Gasteiger charge is 2.13. The zero-order valence-electron chi connectivity index (χ0n) is 10.0. The lowest BCUT2D eigenvalue weighted by Crippen LogP contribution is -2.11. The molecular weight excluding hydrogens is 298 g/mol. The minimum Gasteiger partial charge on any atom is -0.321 e. The number of tetrazole rings is 1. The first kappa shape index (κ1) is 12.8. The standard InChI is InChI=1S/C12H8ClN5OS/c13-7-3-4-8(11-15-17-18-16-11)9(6-7)14-12(19)10-2-1-5-20-10/h1-6H,(H,14,19)(H,15,16,17,18). The van der Waals surface area contributed by atoms with Gasteiger partial charge in [-0.05, 0) is 40.1 Å². The van der Waals surface area contributed by atoms with E-state index >= 15 is 0 Å². The maximum Gasteiger partial charge on any atom is 0.265 e. The molecule has 0 fully saturated rings. The molecule has 0 atom stereocenters. The van der Waals surface area contributed by atoms with Crippen molar-refractivity contribution >= 4 is 34.5 Å². The highest BCUT2D eigenvalue weighted by atomic mass is 35.5. The number of carbonyl (C=O) groups is 1. The van der Waals surface area contributed by atoms with Gasteiger partial charge >= 0.3 is 0 Å². The number of aromatic nitrogens is 4. The smallest absolute Gasteiger partial charge is 0.265 e. The molecule has 8 heteroatoms. The van der Waals surface area contributed by atoms with Gasteiger partial charge in [-0.2, -0.15) is 0 Å². The summed E-state index contributed by atoms with van der Waals surface area (Å²) in [6.07, 6.45) is 0. The van der Waals surface area contributed by atoms with Crippen LogP contribution in [0, 0.1) is 0 Å². The van der Waals surface area contributed by atoms with Crippen molar-refractivity contribution in [2.75, 3.05) is 5.32 Å². The van der Waals surface area contributed by atoms with E-state index in [1.807, 2.05) is 11.4 Å². The molecule has 2 N–H and O–H groups in total. The zero-order valence-corrected chi connectivity index (χ0v) is 11.6. The quantitative estimate of drug-likeness (QED) is 0.779. The highest BCUT2D eigenvalue weighted by Crippen LogP contribution is 2.28. The van der Waals surface area contributed by atoms with Crippen LogP contribution in [0.1, 0.15) is 9.67 Å². The van der Waals surface area contributed by atoms with Gasteiger partial charge in [-0.25, -0.2) is 5.10 Å². The predicted octanol–water partition coefficient (Wildman–Crippen LogP) is 2.83. The minimum absolute atomic E-state index is 0.198. The van der Waals surface area contributed by atoms with E-state index < -0.39 is 0 Å². The summed E-state index contributed by atoms with van der Waals surface area (Å²) in [6, 6.07) is 8.68. The molecule has 6 nitrogen and oxygen atoms in total. The summed E-state index contributed by atoms with van der Waals surface area (Å²) in [6.45, 7) is 0. The summed E-state index contributed by atoms with van der Waals surface area (Å²) in [4.78, 5) is 12.7. The third kappa shape index (κ3) is 2.54. The van der Waals surface area contributed by atoms with E-state index in [1.165, 1.54) is 11.3 Å². The number of thiophene rings is 1. The van der Waals surface area contributed by atoms with Gasteiger partial charge in [0.25, 0.3) is 5.91 Å². The molecular formula is C12H8ClN5OS. The summed E-state index contributed by atoms with van der Waals surface area (Å²) in [5.41, 5.74) is 1.22. The second kappa shape index (κ2) is 5.40. The molecule has 3 rings (SSSR count). The topological polar surface area (TPSA) is 83.6 Å². The molecule has 1 amide bonds. The molecule has 0 unspecified atom stereocenters. The molecule has 0 saturated carbocycles. The van der Waals surface area contributed by atoms with Gasteiger partial charge in [0.1, 0.15) is 0 Å². The van der Waals surface area contributed by atoms with Crippen molar-refractivity contribution < 1.29 is 4.79 Å². The lowest BCUT2D eigenvalue weighted by molar-refractivity contribution is 0.103. The van der Waals surface area contributed by atoms with Gasteiger partial charge < -0.3 is 5.32 Å². The van der Waals surface area contributed by atoms with Crippen molar-refractivity contribution in [2.24, 2.45) is 0 Å². The van der Waals surface area contributed by atoms with Gasteiger partial charge in [0.2, 0.25) is 0 Å². The van der Waals surface area contributed by atoms with Crippen LogP contribution in [-0.2, 0) is 0 Å². The number of nitrogens with zero attached hydrogens (tertiary/aromatic N) is 3. The third-order valence-corrected chi connectivity index (χ3v) is 3.68. The molecule has 0 aliphatic heterocycles. The number of benzene rings is 1. The molecule has 0 aliphatic rings. The number of rotatable bonds is 3. The first-order valence-corrected chi connectivity index (χ1v) is 6.88. The van der Waals surface area contributed by atoms with Gasteiger partial charge in [-0.3, -0.25) is 4.79 Å². The Morgan fingerprint density at radius 1 is 1.35 bits per heavy atom. The molecule has 3 aromatic rings. The maximum absolute atomic E-state index is 12.1. The van der Waals surface area contributed by atoms with E-state index in [2.05, 4.69) is 25.9 Å². The number of amides is 1. The molecule has 100 valence electrons. The number of H-pyrrole nitrogens is 1. The SMILES string of the molecule is O=C(Nc1cc(Cl)ccc1-c1nnn[nH]1)c1cccs1.